The van der Waals surface area contributed by atoms with E-state index < -0.39 is 0 Å². The molecule has 3 heterocycles. The second-order valence-corrected chi connectivity index (χ2v) is 10.6. The molecular weight excluding hydrogens is 542 g/mol. The first kappa shape index (κ1) is 33.2. The van der Waals surface area contributed by atoms with Crippen molar-refractivity contribution in [3.05, 3.63) is 42.5 Å². The average molecular weight is 586 g/mol. The van der Waals surface area contributed by atoms with Crippen LogP contribution in [-0.2, 0) is 9.59 Å². The first-order chi connectivity index (χ1) is 19.5. The number of anilines is 2. The smallest absolute Gasteiger partial charge is 0.238 e. The molecule has 0 unspecified atom stereocenters. The summed E-state index contributed by atoms with van der Waals surface area (Å²) in [6.45, 7) is 8.96. The molecule has 0 aliphatic carbocycles. The van der Waals surface area contributed by atoms with Crippen LogP contribution in [-0.4, -0.2) is 149 Å². The maximum Gasteiger partial charge on any atom is 0.238 e. The van der Waals surface area contributed by atoms with E-state index >= 15 is 0 Å². The number of β-amino-alcohol motifs (C(OH)–C–C–N with tert-alkyl or cyclic N) is 2. The van der Waals surface area contributed by atoms with Crippen molar-refractivity contribution in [3.63, 3.8) is 0 Å². The van der Waals surface area contributed by atoms with Crippen LogP contribution in [0.5, 0.6) is 0 Å². The van der Waals surface area contributed by atoms with Crippen LogP contribution >= 0.6 is 0 Å². The Kier molecular flexibility index (Phi) is 12.5. The lowest BCUT2D eigenvalue weighted by molar-refractivity contribution is -0.118. The molecule has 13 nitrogen and oxygen atoms in total. The summed E-state index contributed by atoms with van der Waals surface area (Å²) in [5.74, 6) is -0.119. The minimum absolute atomic E-state index is 0. The highest BCUT2D eigenvalue weighted by Gasteiger charge is 2.20. The first-order valence-electron chi connectivity index (χ1n) is 14.0. The van der Waals surface area contributed by atoms with Crippen LogP contribution in [0.15, 0.2) is 42.5 Å². The zero-order chi connectivity index (χ0) is 27.9. The third-order valence-electron chi connectivity index (χ3n) is 7.68. The molecule has 0 saturated carbocycles. The van der Waals surface area contributed by atoms with Crippen molar-refractivity contribution in [2.45, 2.75) is 0 Å². The van der Waals surface area contributed by atoms with Gasteiger partial charge in [-0.1, -0.05) is 12.1 Å². The van der Waals surface area contributed by atoms with Crippen molar-refractivity contribution in [3.8, 4) is 0 Å². The maximum atomic E-state index is 12.7. The van der Waals surface area contributed by atoms with Crippen LogP contribution in [0.3, 0.4) is 0 Å². The van der Waals surface area contributed by atoms with Crippen LogP contribution in [0.4, 0.5) is 11.4 Å². The van der Waals surface area contributed by atoms with Crippen molar-refractivity contribution in [1.29, 1.82) is 0 Å². The van der Waals surface area contributed by atoms with Crippen molar-refractivity contribution < 1.29 is 30.8 Å². The van der Waals surface area contributed by atoms with Gasteiger partial charge in [0.2, 0.25) is 11.8 Å². The third-order valence-corrected chi connectivity index (χ3v) is 7.68. The van der Waals surface area contributed by atoms with Crippen LogP contribution in [0.1, 0.15) is 0 Å². The normalized spacial score (nSPS) is 17.0. The van der Waals surface area contributed by atoms with Crippen LogP contribution < -0.4 is 10.6 Å². The minimum atomic E-state index is -0.0597. The van der Waals surface area contributed by atoms with E-state index in [0.717, 1.165) is 74.2 Å². The lowest BCUT2D eigenvalue weighted by Gasteiger charge is -2.33. The first-order valence-corrected chi connectivity index (χ1v) is 14.0. The van der Waals surface area contributed by atoms with Gasteiger partial charge in [0.05, 0.1) is 37.3 Å². The highest BCUT2D eigenvalue weighted by molar-refractivity contribution is 5.99. The van der Waals surface area contributed by atoms with Gasteiger partial charge in [0.25, 0.3) is 0 Å². The summed E-state index contributed by atoms with van der Waals surface area (Å²) in [6.07, 6.45) is 0. The molecule has 0 radical (unpaired) electrons. The molecule has 2 saturated heterocycles. The summed E-state index contributed by atoms with van der Waals surface area (Å²) < 4.78 is 0. The molecule has 3 aromatic rings. The summed E-state index contributed by atoms with van der Waals surface area (Å²) in [5, 5.41) is 26.2. The van der Waals surface area contributed by atoms with E-state index in [9.17, 15) is 9.59 Å². The monoisotopic (exact) mass is 585 g/mol. The van der Waals surface area contributed by atoms with Crippen molar-refractivity contribution in [2.24, 2.45) is 0 Å². The molecule has 1 aromatic heterocycles. The van der Waals surface area contributed by atoms with Gasteiger partial charge in [-0.25, -0.2) is 4.98 Å². The van der Waals surface area contributed by atoms with Crippen molar-refractivity contribution in [1.82, 2.24) is 24.6 Å². The Morgan fingerprint density at radius 3 is 1.38 bits per heavy atom. The summed E-state index contributed by atoms with van der Waals surface area (Å²) in [4.78, 5) is 38.9. The Bertz CT molecular complexity index is 1230. The lowest BCUT2D eigenvalue weighted by Crippen LogP contribution is -2.49. The number of benzene rings is 2. The number of aliphatic hydroxyl groups is 2. The highest BCUT2D eigenvalue weighted by atomic mass is 16.3. The maximum absolute atomic E-state index is 12.7. The number of carbonyl (C=O) groups is 2. The van der Waals surface area contributed by atoms with E-state index in [1.807, 2.05) is 36.4 Å². The van der Waals surface area contributed by atoms with E-state index in [1.54, 1.807) is 0 Å². The summed E-state index contributed by atoms with van der Waals surface area (Å²) in [6, 6.07) is 13.5. The number of nitrogens with zero attached hydrogens (tertiary/aromatic N) is 5. The molecule has 2 fully saturated rings. The number of hydrogen-bond donors (Lipinski definition) is 4. The Labute approximate surface area is 245 Å². The van der Waals surface area contributed by atoms with Gasteiger partial charge < -0.3 is 31.8 Å². The minimum Gasteiger partial charge on any atom is -0.412 e. The number of piperazine rings is 2. The fourth-order valence-electron chi connectivity index (χ4n) is 5.41. The fraction of sp³-hybridized carbons (Fsp3) is 0.483. The molecule has 2 aromatic carbocycles. The number of aliphatic hydroxyl groups excluding tert-OH is 2. The number of hydrogen-bond acceptors (Lipinski definition) is 9. The Morgan fingerprint density at radius 1 is 0.619 bits per heavy atom. The average Bonchev–Trinajstić information content (AvgIpc) is 2.94. The van der Waals surface area contributed by atoms with Gasteiger partial charge in [-0.15, -0.1) is 0 Å². The quantitative estimate of drug-likeness (QED) is 0.213. The summed E-state index contributed by atoms with van der Waals surface area (Å²) >= 11 is 0. The topological polar surface area (TPSA) is 188 Å². The molecule has 5 rings (SSSR count). The molecule has 8 N–H and O–H groups in total. The predicted molar refractivity (Wildman–Crippen MR) is 164 cm³/mol. The highest BCUT2D eigenvalue weighted by Crippen LogP contribution is 2.25. The number of aromatic nitrogens is 1. The Hall–Kier alpha value is -3.27. The predicted octanol–water partition coefficient (Wildman–Crippen LogP) is -1.16. The lowest BCUT2D eigenvalue weighted by atomic mass is 10.1. The fourth-order valence-corrected chi connectivity index (χ4v) is 5.41. The van der Waals surface area contributed by atoms with Gasteiger partial charge in [-0.05, 0) is 30.3 Å². The van der Waals surface area contributed by atoms with Gasteiger partial charge in [-0.3, -0.25) is 29.2 Å². The molecule has 0 spiro atoms. The molecular formula is C29H43N7O6. The number of nitrogens with one attached hydrogen (secondary N) is 2. The molecule has 13 heteroatoms. The van der Waals surface area contributed by atoms with E-state index in [1.165, 1.54) is 0 Å². The molecule has 0 bridgehead atoms. The van der Waals surface area contributed by atoms with Crippen molar-refractivity contribution in [2.75, 3.05) is 102 Å². The number of amides is 2. The van der Waals surface area contributed by atoms with Crippen LogP contribution in [0.2, 0.25) is 0 Å². The van der Waals surface area contributed by atoms with Crippen LogP contribution in [0, 0.1) is 0 Å². The molecule has 0 atom stereocenters. The standard InChI is InChI=1S/C29H39N7O4.2H2O/c37-15-13-33-5-9-35(10-6-33)20-28(39)30-24-3-1-22-17-23-2-4-25(19-27(23)32-26(22)18-24)31-29(40)21-36-11-7-34(8-12-36)14-16-38;;/h1-4,17-19,37-38H,5-16,20-21H2,(H,30,39)(H,31,40);2*1H2. The van der Waals surface area contributed by atoms with Crippen molar-refractivity contribution >= 4 is 45.0 Å². The van der Waals surface area contributed by atoms with Gasteiger partial charge >= 0.3 is 0 Å². The molecule has 42 heavy (non-hydrogen) atoms. The molecule has 230 valence electrons. The Balaban J connectivity index is 0.00000242. The van der Waals surface area contributed by atoms with E-state index in [2.05, 4.69) is 36.3 Å². The van der Waals surface area contributed by atoms with Gasteiger partial charge in [0.15, 0.2) is 0 Å². The number of carbonyl (C=O) groups excluding carboxylic acids is 2. The number of fused-ring (bicyclic) bond motifs is 2. The zero-order valence-corrected chi connectivity index (χ0v) is 23.9. The molecule has 2 amide bonds. The SMILES string of the molecule is O.O.O=C(CN1CCN(CCO)CC1)Nc1ccc2cc3ccc(NC(=O)CN4CCN(CCO)CC4)cc3nc2c1. The van der Waals surface area contributed by atoms with E-state index in [-0.39, 0.29) is 36.0 Å². The van der Waals surface area contributed by atoms with E-state index in [0.29, 0.717) is 37.6 Å². The van der Waals surface area contributed by atoms with Gasteiger partial charge in [-0.2, -0.15) is 0 Å². The summed E-state index contributed by atoms with van der Waals surface area (Å²) in [7, 11) is 0. The number of pyridine rings is 1. The second-order valence-electron chi connectivity index (χ2n) is 10.6. The van der Waals surface area contributed by atoms with Gasteiger partial charge in [0, 0.05) is 87.6 Å². The van der Waals surface area contributed by atoms with Gasteiger partial charge in [0.1, 0.15) is 0 Å². The summed E-state index contributed by atoms with van der Waals surface area (Å²) in [5.41, 5.74) is 2.94. The second kappa shape index (κ2) is 15.8. The van der Waals surface area contributed by atoms with Crippen LogP contribution in [0.25, 0.3) is 21.8 Å². The zero-order valence-electron chi connectivity index (χ0n) is 23.9. The van der Waals surface area contributed by atoms with E-state index in [4.69, 9.17) is 15.2 Å². The molecule has 2 aliphatic rings. The number of rotatable bonds is 10. The third kappa shape index (κ3) is 8.86. The Morgan fingerprint density at radius 2 is 1.00 bits per heavy atom. The molecule has 2 aliphatic heterocycles. The largest absolute Gasteiger partial charge is 0.412 e.